The zero-order valence-corrected chi connectivity index (χ0v) is 16.9. The second-order valence-electron chi connectivity index (χ2n) is 6.19. The average Bonchev–Trinajstić information content (AvgIpc) is 2.75. The quantitative estimate of drug-likeness (QED) is 0.384. The Morgan fingerprint density at radius 3 is 2.23 bits per heavy atom. The summed E-state index contributed by atoms with van der Waals surface area (Å²) in [5.74, 6) is -2.99. The van der Waals surface area contributed by atoms with E-state index in [0.717, 1.165) is 7.11 Å². The van der Waals surface area contributed by atoms with Crippen LogP contribution in [0.1, 0.15) is 28.3 Å². The molecule has 0 aliphatic rings. The number of hydrogen-bond acceptors (Lipinski definition) is 7. The van der Waals surface area contributed by atoms with Crippen molar-refractivity contribution in [1.82, 2.24) is 5.32 Å². The summed E-state index contributed by atoms with van der Waals surface area (Å²) in [5, 5.41) is 13.6. The predicted octanol–water partition coefficient (Wildman–Crippen LogP) is 2.87. The number of rotatable bonds is 8. The molecule has 0 radical (unpaired) electrons. The van der Waals surface area contributed by atoms with Crippen molar-refractivity contribution in [3.8, 4) is 0 Å². The molecule has 0 spiro atoms. The molecule has 0 aromatic heterocycles. The molecule has 2 atom stereocenters. The Kier molecular flexibility index (Phi) is 7.88. The second kappa shape index (κ2) is 10.4. The van der Waals surface area contributed by atoms with Gasteiger partial charge in [0.2, 0.25) is 0 Å². The average molecular weight is 435 g/mol. The third kappa shape index (κ3) is 5.54. The maximum atomic E-state index is 12.7. The fraction of sp³-hybridized carbons (Fsp3) is 0.250. The Balaban J connectivity index is 2.44. The summed E-state index contributed by atoms with van der Waals surface area (Å²) >= 11 is 6.05. The largest absolute Gasteiger partial charge is 0.469 e. The lowest BCUT2D eigenvalue weighted by molar-refractivity contribution is -0.384. The van der Waals surface area contributed by atoms with E-state index in [1.54, 1.807) is 12.1 Å². The number of nitrogens with one attached hydrogen (secondary N) is 1. The third-order valence-corrected chi connectivity index (χ3v) is 4.74. The smallest absolute Gasteiger partial charge is 0.329 e. The monoisotopic (exact) mass is 434 g/mol. The molecule has 30 heavy (non-hydrogen) atoms. The summed E-state index contributed by atoms with van der Waals surface area (Å²) in [7, 11) is 2.33. The summed E-state index contributed by atoms with van der Waals surface area (Å²) in [4.78, 5) is 47.5. The number of esters is 2. The van der Waals surface area contributed by atoms with E-state index in [9.17, 15) is 24.5 Å². The van der Waals surface area contributed by atoms with Crippen molar-refractivity contribution in [2.75, 3.05) is 14.2 Å². The summed E-state index contributed by atoms with van der Waals surface area (Å²) in [6, 6.07) is 10.3. The van der Waals surface area contributed by atoms with Crippen LogP contribution in [0.4, 0.5) is 5.69 Å². The van der Waals surface area contributed by atoms with Crippen LogP contribution in [-0.4, -0.2) is 43.0 Å². The lowest BCUT2D eigenvalue weighted by Gasteiger charge is -2.26. The molecular formula is C20H19ClN2O7. The molecule has 0 unspecified atom stereocenters. The molecule has 0 fully saturated rings. The van der Waals surface area contributed by atoms with E-state index in [-0.39, 0.29) is 22.7 Å². The van der Waals surface area contributed by atoms with Crippen molar-refractivity contribution >= 4 is 35.1 Å². The van der Waals surface area contributed by atoms with Gasteiger partial charge in [-0.15, -0.1) is 0 Å². The van der Waals surface area contributed by atoms with Crippen LogP contribution in [0.3, 0.4) is 0 Å². The molecule has 0 saturated heterocycles. The van der Waals surface area contributed by atoms with E-state index in [0.29, 0.717) is 5.56 Å². The van der Waals surface area contributed by atoms with Crippen molar-refractivity contribution in [2.24, 2.45) is 0 Å². The van der Waals surface area contributed by atoms with Crippen LogP contribution < -0.4 is 5.32 Å². The third-order valence-electron chi connectivity index (χ3n) is 4.41. The fourth-order valence-electron chi connectivity index (χ4n) is 2.85. The Bertz CT molecular complexity index is 946. The lowest BCUT2D eigenvalue weighted by Crippen LogP contribution is -2.46. The number of amides is 1. The highest BCUT2D eigenvalue weighted by atomic mass is 35.5. The molecule has 10 heteroatoms. The summed E-state index contributed by atoms with van der Waals surface area (Å²) in [6.07, 6.45) is -0.281. The first-order chi connectivity index (χ1) is 14.3. The second-order valence-corrected chi connectivity index (χ2v) is 6.60. The number of nitro groups is 1. The molecule has 2 rings (SSSR count). The molecule has 2 aromatic carbocycles. The van der Waals surface area contributed by atoms with Gasteiger partial charge in [-0.3, -0.25) is 19.7 Å². The maximum absolute atomic E-state index is 12.7. The minimum Gasteiger partial charge on any atom is -0.469 e. The van der Waals surface area contributed by atoms with Gasteiger partial charge in [0.25, 0.3) is 11.6 Å². The van der Waals surface area contributed by atoms with Gasteiger partial charge in [0.05, 0.1) is 36.1 Å². The first-order valence-electron chi connectivity index (χ1n) is 8.72. The minimum atomic E-state index is -1.28. The number of hydrogen-bond donors (Lipinski definition) is 1. The van der Waals surface area contributed by atoms with E-state index in [1.165, 1.54) is 43.5 Å². The Morgan fingerprint density at radius 1 is 1.07 bits per heavy atom. The van der Waals surface area contributed by atoms with Gasteiger partial charge in [0, 0.05) is 18.1 Å². The van der Waals surface area contributed by atoms with Gasteiger partial charge in [-0.05, 0) is 17.7 Å². The van der Waals surface area contributed by atoms with E-state index in [1.807, 2.05) is 0 Å². The number of non-ortho nitro benzene ring substituents is 1. The highest BCUT2D eigenvalue weighted by molar-refractivity contribution is 6.33. The standard InChI is InChI=1S/C20H19ClN2O7/c1-29-17(24)11-15(12-7-9-13(10-8-12)23(27)28)18(20(26)30-2)22-19(25)14-5-3-4-6-16(14)21/h3-10,15,18H,11H2,1-2H3,(H,22,25)/t15-,18-/m1/s1. The molecule has 0 saturated carbocycles. The van der Waals surface area contributed by atoms with Gasteiger partial charge in [-0.1, -0.05) is 35.9 Å². The molecule has 0 bridgehead atoms. The summed E-state index contributed by atoms with van der Waals surface area (Å²) < 4.78 is 9.52. The first kappa shape index (κ1) is 22.8. The van der Waals surface area contributed by atoms with Gasteiger partial charge >= 0.3 is 11.9 Å². The van der Waals surface area contributed by atoms with E-state index in [2.05, 4.69) is 5.32 Å². The number of carbonyl (C=O) groups is 3. The fourth-order valence-corrected chi connectivity index (χ4v) is 3.07. The number of ether oxygens (including phenoxy) is 2. The van der Waals surface area contributed by atoms with Crippen LogP contribution in [0.5, 0.6) is 0 Å². The van der Waals surface area contributed by atoms with Gasteiger partial charge < -0.3 is 14.8 Å². The van der Waals surface area contributed by atoms with Crippen LogP contribution in [-0.2, 0) is 19.1 Å². The molecule has 9 nitrogen and oxygen atoms in total. The van der Waals surface area contributed by atoms with Gasteiger partial charge in [-0.2, -0.15) is 0 Å². The summed E-state index contributed by atoms with van der Waals surface area (Å²) in [5.41, 5.74) is 0.375. The van der Waals surface area contributed by atoms with Crippen molar-refractivity contribution in [1.29, 1.82) is 0 Å². The maximum Gasteiger partial charge on any atom is 0.329 e. The highest BCUT2D eigenvalue weighted by Gasteiger charge is 2.34. The molecule has 1 amide bonds. The number of methoxy groups -OCH3 is 2. The Morgan fingerprint density at radius 2 is 1.70 bits per heavy atom. The van der Waals surface area contributed by atoms with Gasteiger partial charge in [0.15, 0.2) is 0 Å². The molecular weight excluding hydrogens is 416 g/mol. The zero-order chi connectivity index (χ0) is 22.3. The molecule has 0 aliphatic heterocycles. The Hall–Kier alpha value is -3.46. The van der Waals surface area contributed by atoms with E-state index in [4.69, 9.17) is 21.1 Å². The number of carbonyl (C=O) groups excluding carboxylic acids is 3. The normalized spacial score (nSPS) is 12.4. The molecule has 2 aromatic rings. The van der Waals surface area contributed by atoms with E-state index < -0.39 is 34.7 Å². The summed E-state index contributed by atoms with van der Waals surface area (Å²) in [6.45, 7) is 0. The SMILES string of the molecule is COC(=O)C[C@H](c1ccc([N+](=O)[O-])cc1)[C@@H](NC(=O)c1ccccc1Cl)C(=O)OC. The Labute approximate surface area is 177 Å². The van der Waals surface area contributed by atoms with Crippen molar-refractivity contribution < 1.29 is 28.8 Å². The van der Waals surface area contributed by atoms with Crippen molar-refractivity contribution in [3.05, 3.63) is 74.8 Å². The molecule has 0 heterocycles. The van der Waals surface area contributed by atoms with Crippen molar-refractivity contribution in [3.63, 3.8) is 0 Å². The lowest BCUT2D eigenvalue weighted by atomic mass is 9.88. The van der Waals surface area contributed by atoms with Crippen LogP contribution in [0.2, 0.25) is 5.02 Å². The van der Waals surface area contributed by atoms with Gasteiger partial charge in [0.1, 0.15) is 6.04 Å². The van der Waals surface area contributed by atoms with Crippen LogP contribution in [0, 0.1) is 10.1 Å². The highest BCUT2D eigenvalue weighted by Crippen LogP contribution is 2.28. The van der Waals surface area contributed by atoms with Crippen LogP contribution in [0.25, 0.3) is 0 Å². The molecule has 0 aliphatic carbocycles. The van der Waals surface area contributed by atoms with E-state index >= 15 is 0 Å². The van der Waals surface area contributed by atoms with Crippen LogP contribution in [0.15, 0.2) is 48.5 Å². The zero-order valence-electron chi connectivity index (χ0n) is 16.2. The number of nitro benzene ring substituents is 1. The first-order valence-corrected chi connectivity index (χ1v) is 9.10. The van der Waals surface area contributed by atoms with Crippen molar-refractivity contribution in [2.45, 2.75) is 18.4 Å². The van der Waals surface area contributed by atoms with Gasteiger partial charge in [-0.25, -0.2) is 4.79 Å². The molecule has 158 valence electrons. The topological polar surface area (TPSA) is 125 Å². The molecule has 1 N–H and O–H groups in total. The number of halogens is 1. The van der Waals surface area contributed by atoms with Crippen LogP contribution >= 0.6 is 11.6 Å². The number of nitrogens with zero attached hydrogens (tertiary/aromatic N) is 1. The number of benzene rings is 2. The predicted molar refractivity (Wildman–Crippen MR) is 107 cm³/mol. The minimum absolute atomic E-state index is 0.133.